The molecular weight excluding hydrogens is 436 g/mol. The van der Waals surface area contributed by atoms with Gasteiger partial charge in [-0.25, -0.2) is 0 Å². The molecule has 0 bridgehead atoms. The van der Waals surface area contributed by atoms with Crippen molar-refractivity contribution in [3.63, 3.8) is 0 Å². The van der Waals surface area contributed by atoms with E-state index in [0.29, 0.717) is 40.0 Å². The number of aromatic nitrogens is 1. The summed E-state index contributed by atoms with van der Waals surface area (Å²) in [5.74, 6) is 0.512. The molecule has 0 spiro atoms. The van der Waals surface area contributed by atoms with Gasteiger partial charge in [0.1, 0.15) is 5.69 Å². The number of amides is 1. The Balaban J connectivity index is 1.52. The molecule has 4 aromatic rings. The first-order valence-electron chi connectivity index (χ1n) is 9.57. The van der Waals surface area contributed by atoms with Crippen LogP contribution in [0.4, 0.5) is 5.69 Å². The van der Waals surface area contributed by atoms with Gasteiger partial charge < -0.3 is 19.4 Å². The lowest BCUT2D eigenvalue weighted by atomic mass is 10.1. The lowest BCUT2D eigenvalue weighted by Crippen LogP contribution is -2.19. The lowest BCUT2D eigenvalue weighted by Gasteiger charge is -2.13. The number of carbonyl (C=O) groups excluding carboxylic acids is 2. The molecule has 5 rings (SSSR count). The van der Waals surface area contributed by atoms with E-state index < -0.39 is 0 Å². The van der Waals surface area contributed by atoms with Gasteiger partial charge in [0.2, 0.25) is 6.79 Å². The van der Waals surface area contributed by atoms with Crippen LogP contribution in [0.1, 0.15) is 33.3 Å². The number of ketones is 1. The second-order valence-corrected chi connectivity index (χ2v) is 8.56. The SMILES string of the molecule is CC(=O)c1cc2c(cc1NC(=O)c1cc3sccc3n1Cc1ccc(Cl)cc1)OCO2. The first-order chi connectivity index (χ1) is 15.0. The van der Waals surface area contributed by atoms with Crippen LogP contribution in [-0.4, -0.2) is 23.1 Å². The summed E-state index contributed by atoms with van der Waals surface area (Å²) in [4.78, 5) is 25.4. The van der Waals surface area contributed by atoms with Gasteiger partial charge in [-0.15, -0.1) is 11.3 Å². The highest BCUT2D eigenvalue weighted by Crippen LogP contribution is 2.37. The molecule has 2 aromatic heterocycles. The summed E-state index contributed by atoms with van der Waals surface area (Å²) in [6, 6.07) is 14.6. The number of nitrogens with one attached hydrogen (secondary N) is 1. The third-order valence-electron chi connectivity index (χ3n) is 5.15. The fourth-order valence-electron chi connectivity index (χ4n) is 3.63. The number of rotatable bonds is 5. The van der Waals surface area contributed by atoms with Crippen LogP contribution >= 0.6 is 22.9 Å². The van der Waals surface area contributed by atoms with Crippen LogP contribution in [-0.2, 0) is 6.54 Å². The topological polar surface area (TPSA) is 69.6 Å². The lowest BCUT2D eigenvalue weighted by molar-refractivity contribution is 0.101. The van der Waals surface area contributed by atoms with Crippen LogP contribution < -0.4 is 14.8 Å². The minimum absolute atomic E-state index is 0.0876. The number of fused-ring (bicyclic) bond motifs is 2. The third kappa shape index (κ3) is 3.66. The zero-order valence-electron chi connectivity index (χ0n) is 16.5. The Labute approximate surface area is 187 Å². The Morgan fingerprint density at radius 2 is 1.84 bits per heavy atom. The molecule has 0 unspecified atom stereocenters. The van der Waals surface area contributed by atoms with Crippen LogP contribution in [0, 0.1) is 0 Å². The molecule has 8 heteroatoms. The zero-order valence-corrected chi connectivity index (χ0v) is 18.0. The first-order valence-corrected chi connectivity index (χ1v) is 10.8. The maximum absolute atomic E-state index is 13.3. The molecule has 0 saturated carbocycles. The van der Waals surface area contributed by atoms with E-state index in [1.807, 2.05) is 46.3 Å². The molecule has 1 aliphatic rings. The van der Waals surface area contributed by atoms with E-state index in [-0.39, 0.29) is 18.5 Å². The number of ether oxygens (including phenoxy) is 2. The highest BCUT2D eigenvalue weighted by Gasteiger charge is 2.23. The van der Waals surface area contributed by atoms with Crippen LogP contribution in [0.2, 0.25) is 5.02 Å². The van der Waals surface area contributed by atoms with Crippen LogP contribution in [0.25, 0.3) is 10.2 Å². The maximum atomic E-state index is 13.3. The third-order valence-corrected chi connectivity index (χ3v) is 6.25. The van der Waals surface area contributed by atoms with Crippen LogP contribution in [0.3, 0.4) is 0 Å². The van der Waals surface area contributed by atoms with Gasteiger partial charge in [-0.05, 0) is 48.2 Å². The van der Waals surface area contributed by atoms with Gasteiger partial charge in [0.05, 0.1) is 15.9 Å². The number of halogens is 1. The second kappa shape index (κ2) is 7.76. The molecule has 1 aliphatic heterocycles. The van der Waals surface area contributed by atoms with E-state index in [9.17, 15) is 9.59 Å². The Kier molecular flexibility index (Phi) is 4.92. The van der Waals surface area contributed by atoms with Crippen molar-refractivity contribution in [2.75, 3.05) is 12.1 Å². The summed E-state index contributed by atoms with van der Waals surface area (Å²) in [7, 11) is 0. The normalized spacial score (nSPS) is 12.3. The molecule has 3 heterocycles. The largest absolute Gasteiger partial charge is 0.454 e. The van der Waals surface area contributed by atoms with E-state index >= 15 is 0 Å². The summed E-state index contributed by atoms with van der Waals surface area (Å²) < 4.78 is 13.7. The number of benzene rings is 2. The minimum Gasteiger partial charge on any atom is -0.454 e. The molecular formula is C23H17ClN2O4S. The Morgan fingerprint density at radius 1 is 1.10 bits per heavy atom. The maximum Gasteiger partial charge on any atom is 0.272 e. The summed E-state index contributed by atoms with van der Waals surface area (Å²) >= 11 is 7.58. The average molecular weight is 453 g/mol. The van der Waals surface area contributed by atoms with Gasteiger partial charge in [0.25, 0.3) is 5.91 Å². The van der Waals surface area contributed by atoms with Crippen LogP contribution in [0.5, 0.6) is 11.5 Å². The summed E-state index contributed by atoms with van der Waals surface area (Å²) in [6.07, 6.45) is 0. The van der Waals surface area contributed by atoms with E-state index in [1.54, 1.807) is 23.5 Å². The van der Waals surface area contributed by atoms with Crippen molar-refractivity contribution in [2.45, 2.75) is 13.5 Å². The quantitative estimate of drug-likeness (QED) is 0.401. The van der Waals surface area contributed by atoms with Crippen molar-refractivity contribution in [1.29, 1.82) is 0 Å². The van der Waals surface area contributed by atoms with Gasteiger partial charge >= 0.3 is 0 Å². The monoisotopic (exact) mass is 452 g/mol. The number of hydrogen-bond acceptors (Lipinski definition) is 5. The molecule has 1 amide bonds. The number of nitrogens with zero attached hydrogens (tertiary/aromatic N) is 1. The number of thiophene rings is 1. The number of hydrogen-bond donors (Lipinski definition) is 1. The van der Waals surface area contributed by atoms with E-state index in [0.717, 1.165) is 15.8 Å². The number of carbonyl (C=O) groups is 2. The Morgan fingerprint density at radius 3 is 2.58 bits per heavy atom. The van der Waals surface area contributed by atoms with E-state index in [1.165, 1.54) is 6.92 Å². The molecule has 2 aromatic carbocycles. The zero-order chi connectivity index (χ0) is 21.5. The molecule has 0 radical (unpaired) electrons. The van der Waals surface area contributed by atoms with Crippen molar-refractivity contribution in [2.24, 2.45) is 0 Å². The fraction of sp³-hybridized carbons (Fsp3) is 0.130. The minimum atomic E-state index is -0.307. The summed E-state index contributed by atoms with van der Waals surface area (Å²) in [5, 5.41) is 5.55. The number of anilines is 1. The van der Waals surface area contributed by atoms with Gasteiger partial charge in [-0.2, -0.15) is 0 Å². The highest BCUT2D eigenvalue weighted by atomic mass is 35.5. The van der Waals surface area contributed by atoms with Gasteiger partial charge in [-0.3, -0.25) is 9.59 Å². The Hall–Kier alpha value is -3.29. The van der Waals surface area contributed by atoms with Crippen molar-refractivity contribution >= 4 is 50.5 Å². The molecule has 1 N–H and O–H groups in total. The van der Waals surface area contributed by atoms with Crippen LogP contribution in [0.15, 0.2) is 53.9 Å². The van der Waals surface area contributed by atoms with Crippen molar-refractivity contribution in [3.8, 4) is 11.5 Å². The first kappa shape index (κ1) is 19.7. The summed E-state index contributed by atoms with van der Waals surface area (Å²) in [6.45, 7) is 2.05. The van der Waals surface area contributed by atoms with Crippen molar-refractivity contribution < 1.29 is 19.1 Å². The second-order valence-electron chi connectivity index (χ2n) is 7.17. The molecule has 0 atom stereocenters. The molecule has 0 aliphatic carbocycles. The fourth-order valence-corrected chi connectivity index (χ4v) is 4.58. The summed E-state index contributed by atoms with van der Waals surface area (Å²) in [5.41, 5.74) is 3.26. The Bertz CT molecular complexity index is 1320. The van der Waals surface area contributed by atoms with Gasteiger partial charge in [-0.1, -0.05) is 23.7 Å². The van der Waals surface area contributed by atoms with Gasteiger partial charge in [0, 0.05) is 23.2 Å². The molecule has 0 fully saturated rings. The molecule has 31 heavy (non-hydrogen) atoms. The predicted molar refractivity (Wildman–Crippen MR) is 121 cm³/mol. The van der Waals surface area contributed by atoms with Crippen molar-refractivity contribution in [3.05, 3.63) is 75.8 Å². The standard InChI is InChI=1S/C23H17ClN2O4S/c1-13(27)16-8-20-21(30-12-29-20)9-17(16)25-23(28)19-10-22-18(6-7-31-22)26(19)11-14-2-4-15(24)5-3-14/h2-10H,11-12H2,1H3,(H,25,28). The smallest absolute Gasteiger partial charge is 0.272 e. The van der Waals surface area contributed by atoms with Gasteiger partial charge in [0.15, 0.2) is 17.3 Å². The molecule has 156 valence electrons. The average Bonchev–Trinajstić information content (AvgIpc) is 3.45. The highest BCUT2D eigenvalue weighted by molar-refractivity contribution is 7.17. The number of Topliss-reactive ketones (excluding diaryl/α,β-unsaturated/α-hetero) is 1. The molecule has 6 nitrogen and oxygen atoms in total. The van der Waals surface area contributed by atoms with E-state index in [2.05, 4.69) is 5.32 Å². The predicted octanol–water partition coefficient (Wildman–Crippen LogP) is 5.59. The molecule has 0 saturated heterocycles. The van der Waals surface area contributed by atoms with E-state index in [4.69, 9.17) is 21.1 Å². The van der Waals surface area contributed by atoms with Crippen molar-refractivity contribution in [1.82, 2.24) is 4.57 Å².